The molecule has 1 N–H and O–H groups in total. The van der Waals surface area contributed by atoms with Gasteiger partial charge >= 0.3 is 0 Å². The first-order valence-corrected chi connectivity index (χ1v) is 9.01. The lowest BCUT2D eigenvalue weighted by Gasteiger charge is -2.04. The third-order valence-electron chi connectivity index (χ3n) is 3.23. The molecule has 0 aliphatic carbocycles. The molecule has 0 spiro atoms. The van der Waals surface area contributed by atoms with Gasteiger partial charge in [-0.05, 0) is 12.1 Å². The first-order valence-electron chi connectivity index (χ1n) is 7.32. The number of aromatic nitrogens is 3. The SMILES string of the molecule is COc1ccccc1-c1nc(C(=O)Nc2nnc(C(C)C)s2)cs1. The van der Waals surface area contributed by atoms with Crippen molar-refractivity contribution in [3.8, 4) is 16.3 Å². The van der Waals surface area contributed by atoms with Gasteiger partial charge in [0.05, 0.1) is 12.7 Å². The molecule has 2 aromatic heterocycles. The number of nitrogens with zero attached hydrogens (tertiary/aromatic N) is 3. The predicted molar refractivity (Wildman–Crippen MR) is 96.1 cm³/mol. The Morgan fingerprint density at radius 3 is 2.75 bits per heavy atom. The Hall–Kier alpha value is -2.32. The van der Waals surface area contributed by atoms with E-state index in [-0.39, 0.29) is 11.8 Å². The standard InChI is InChI=1S/C16H16N4O2S2/c1-9(2)14-19-20-16(24-14)18-13(21)11-8-23-15(17-11)10-6-4-5-7-12(10)22-3/h4-9H,1-3H3,(H,18,20,21). The molecule has 0 saturated heterocycles. The van der Waals surface area contributed by atoms with Crippen molar-refractivity contribution < 1.29 is 9.53 Å². The van der Waals surface area contributed by atoms with Gasteiger partial charge in [0.1, 0.15) is 21.5 Å². The molecular formula is C16H16N4O2S2. The second-order valence-electron chi connectivity index (χ2n) is 5.29. The number of methoxy groups -OCH3 is 1. The van der Waals surface area contributed by atoms with Gasteiger partial charge in [0.25, 0.3) is 5.91 Å². The number of carbonyl (C=O) groups excluding carboxylic acids is 1. The van der Waals surface area contributed by atoms with Crippen molar-refractivity contribution in [2.75, 3.05) is 12.4 Å². The number of hydrogen-bond donors (Lipinski definition) is 1. The molecule has 0 aliphatic rings. The van der Waals surface area contributed by atoms with Gasteiger partial charge in [0.2, 0.25) is 5.13 Å². The van der Waals surface area contributed by atoms with Crippen molar-refractivity contribution in [2.45, 2.75) is 19.8 Å². The molecule has 0 unspecified atom stereocenters. The van der Waals surface area contributed by atoms with Crippen LogP contribution in [0.5, 0.6) is 5.75 Å². The van der Waals surface area contributed by atoms with Crippen LogP contribution in [0.15, 0.2) is 29.6 Å². The first-order chi connectivity index (χ1) is 11.6. The van der Waals surface area contributed by atoms with E-state index in [9.17, 15) is 4.79 Å². The minimum Gasteiger partial charge on any atom is -0.496 e. The maximum atomic E-state index is 12.3. The van der Waals surface area contributed by atoms with Crippen LogP contribution in [0.3, 0.4) is 0 Å². The minimum atomic E-state index is -0.293. The molecule has 24 heavy (non-hydrogen) atoms. The van der Waals surface area contributed by atoms with Crippen molar-refractivity contribution in [3.63, 3.8) is 0 Å². The average molecular weight is 360 g/mol. The molecule has 1 amide bonds. The highest BCUT2D eigenvalue weighted by Crippen LogP contribution is 2.32. The molecule has 124 valence electrons. The van der Waals surface area contributed by atoms with Crippen molar-refractivity contribution in [3.05, 3.63) is 40.3 Å². The van der Waals surface area contributed by atoms with Crippen molar-refractivity contribution in [1.82, 2.24) is 15.2 Å². The average Bonchev–Trinajstić information content (AvgIpc) is 3.24. The van der Waals surface area contributed by atoms with Crippen LogP contribution in [-0.4, -0.2) is 28.2 Å². The van der Waals surface area contributed by atoms with E-state index >= 15 is 0 Å². The van der Waals surface area contributed by atoms with E-state index in [0.29, 0.717) is 10.8 Å². The van der Waals surface area contributed by atoms with E-state index in [0.717, 1.165) is 21.3 Å². The van der Waals surface area contributed by atoms with E-state index in [1.54, 1.807) is 12.5 Å². The molecule has 0 aliphatic heterocycles. The molecule has 8 heteroatoms. The largest absolute Gasteiger partial charge is 0.496 e. The van der Waals surface area contributed by atoms with Crippen molar-refractivity contribution in [2.24, 2.45) is 0 Å². The minimum absolute atomic E-state index is 0.282. The number of anilines is 1. The van der Waals surface area contributed by atoms with Gasteiger partial charge in [-0.1, -0.05) is 37.3 Å². The highest BCUT2D eigenvalue weighted by molar-refractivity contribution is 7.15. The van der Waals surface area contributed by atoms with E-state index in [4.69, 9.17) is 4.74 Å². The Morgan fingerprint density at radius 2 is 2.04 bits per heavy atom. The lowest BCUT2D eigenvalue weighted by molar-refractivity contribution is 0.102. The summed E-state index contributed by atoms with van der Waals surface area (Å²) in [5.74, 6) is 0.716. The zero-order chi connectivity index (χ0) is 17.1. The van der Waals surface area contributed by atoms with E-state index in [2.05, 4.69) is 20.5 Å². The molecule has 0 atom stereocenters. The molecular weight excluding hydrogens is 344 g/mol. The molecule has 2 heterocycles. The zero-order valence-corrected chi connectivity index (χ0v) is 15.1. The van der Waals surface area contributed by atoms with Gasteiger partial charge in [0.15, 0.2) is 0 Å². The van der Waals surface area contributed by atoms with E-state index < -0.39 is 0 Å². The number of benzene rings is 1. The van der Waals surface area contributed by atoms with Gasteiger partial charge in [-0.25, -0.2) is 4.98 Å². The number of amides is 1. The van der Waals surface area contributed by atoms with Gasteiger partial charge < -0.3 is 4.74 Å². The van der Waals surface area contributed by atoms with E-state index in [1.165, 1.54) is 22.7 Å². The summed E-state index contributed by atoms with van der Waals surface area (Å²) in [6, 6.07) is 7.59. The Labute approximate surface area is 147 Å². The van der Waals surface area contributed by atoms with Crippen LogP contribution in [0.2, 0.25) is 0 Å². The maximum Gasteiger partial charge on any atom is 0.276 e. The van der Waals surface area contributed by atoms with Crippen LogP contribution in [0, 0.1) is 0 Å². The summed E-state index contributed by atoms with van der Waals surface area (Å²) in [4.78, 5) is 16.7. The monoisotopic (exact) mass is 360 g/mol. The summed E-state index contributed by atoms with van der Waals surface area (Å²) in [7, 11) is 1.61. The smallest absolute Gasteiger partial charge is 0.276 e. The van der Waals surface area contributed by atoms with Crippen LogP contribution in [0.1, 0.15) is 35.3 Å². The second-order valence-corrected chi connectivity index (χ2v) is 7.16. The summed E-state index contributed by atoms with van der Waals surface area (Å²) in [6.45, 7) is 4.07. The highest BCUT2D eigenvalue weighted by Gasteiger charge is 2.16. The topological polar surface area (TPSA) is 77.0 Å². The number of thiazole rings is 1. The van der Waals surface area contributed by atoms with Gasteiger partial charge in [-0.2, -0.15) is 0 Å². The van der Waals surface area contributed by atoms with Crippen LogP contribution in [0.25, 0.3) is 10.6 Å². The normalized spacial score (nSPS) is 10.8. The quantitative estimate of drug-likeness (QED) is 0.743. The molecule has 3 aromatic rings. The molecule has 0 fully saturated rings. The Bertz CT molecular complexity index is 857. The Kier molecular flexibility index (Phi) is 4.86. The lowest BCUT2D eigenvalue weighted by atomic mass is 10.2. The summed E-state index contributed by atoms with van der Waals surface area (Å²) < 4.78 is 5.34. The number of rotatable bonds is 5. The molecule has 0 saturated carbocycles. The van der Waals surface area contributed by atoms with E-state index in [1.807, 2.05) is 38.1 Å². The summed E-state index contributed by atoms with van der Waals surface area (Å²) in [6.07, 6.45) is 0. The van der Waals surface area contributed by atoms with Crippen LogP contribution in [-0.2, 0) is 0 Å². The Balaban J connectivity index is 1.78. The fourth-order valence-corrected chi connectivity index (χ4v) is 3.57. The first kappa shape index (κ1) is 16.5. The van der Waals surface area contributed by atoms with Gasteiger partial charge in [-0.15, -0.1) is 21.5 Å². The van der Waals surface area contributed by atoms with Gasteiger partial charge in [-0.3, -0.25) is 10.1 Å². The predicted octanol–water partition coefficient (Wildman–Crippen LogP) is 4.05. The molecule has 1 aromatic carbocycles. The summed E-state index contributed by atoms with van der Waals surface area (Å²) in [5, 5.41) is 14.6. The number of carbonyl (C=O) groups is 1. The van der Waals surface area contributed by atoms with Crippen molar-refractivity contribution in [1.29, 1.82) is 0 Å². The number of para-hydroxylation sites is 1. The zero-order valence-electron chi connectivity index (χ0n) is 13.4. The highest BCUT2D eigenvalue weighted by atomic mass is 32.1. The van der Waals surface area contributed by atoms with Crippen LogP contribution in [0.4, 0.5) is 5.13 Å². The Morgan fingerprint density at radius 1 is 1.25 bits per heavy atom. The molecule has 6 nitrogen and oxygen atoms in total. The fourth-order valence-electron chi connectivity index (χ4n) is 2.00. The summed E-state index contributed by atoms with van der Waals surface area (Å²) in [5.41, 5.74) is 1.21. The third kappa shape index (κ3) is 3.44. The van der Waals surface area contributed by atoms with Gasteiger partial charge in [0, 0.05) is 11.3 Å². The molecule has 0 radical (unpaired) electrons. The summed E-state index contributed by atoms with van der Waals surface area (Å²) >= 11 is 2.77. The maximum absolute atomic E-state index is 12.3. The van der Waals surface area contributed by atoms with Crippen molar-refractivity contribution >= 4 is 33.7 Å². The fraction of sp³-hybridized carbons (Fsp3) is 0.250. The third-order valence-corrected chi connectivity index (χ3v) is 5.24. The lowest BCUT2D eigenvalue weighted by Crippen LogP contribution is -2.12. The number of hydrogen-bond acceptors (Lipinski definition) is 7. The van der Waals surface area contributed by atoms with Crippen LogP contribution < -0.4 is 10.1 Å². The molecule has 0 bridgehead atoms. The number of nitrogens with one attached hydrogen (secondary N) is 1. The molecule has 3 rings (SSSR count). The second kappa shape index (κ2) is 7.06. The van der Waals surface area contributed by atoms with Crippen LogP contribution >= 0.6 is 22.7 Å². The number of ether oxygens (including phenoxy) is 1.